The van der Waals surface area contributed by atoms with Gasteiger partial charge in [-0.1, -0.05) is 39.0 Å². The molecule has 2 rings (SSSR count). The van der Waals surface area contributed by atoms with E-state index in [4.69, 9.17) is 0 Å². The fourth-order valence-corrected chi connectivity index (χ4v) is 2.41. The summed E-state index contributed by atoms with van der Waals surface area (Å²) < 4.78 is 4.68. The highest BCUT2D eigenvalue weighted by Crippen LogP contribution is 2.23. The molecule has 1 aromatic heterocycles. The third-order valence-corrected chi connectivity index (χ3v) is 3.94. The summed E-state index contributed by atoms with van der Waals surface area (Å²) in [6, 6.07) is 12.9. The minimum absolute atomic E-state index is 0.0210. The number of pyridine rings is 1. The Bertz CT molecular complexity index is 719. The molecule has 0 aliphatic rings. The Labute approximate surface area is 148 Å². The zero-order valence-electron chi connectivity index (χ0n) is 15.2. The van der Waals surface area contributed by atoms with Crippen molar-refractivity contribution < 1.29 is 14.3 Å². The first-order chi connectivity index (χ1) is 11.8. The number of rotatable bonds is 5. The molecule has 0 saturated carbocycles. The van der Waals surface area contributed by atoms with Gasteiger partial charge in [0.15, 0.2) is 0 Å². The van der Waals surface area contributed by atoms with Crippen LogP contribution in [0.15, 0.2) is 48.7 Å². The molecular weight excluding hydrogens is 316 g/mol. The van der Waals surface area contributed by atoms with Gasteiger partial charge < -0.3 is 4.74 Å². The number of carbonyl (C=O) groups excluding carboxylic acids is 2. The van der Waals surface area contributed by atoms with Crippen molar-refractivity contribution >= 4 is 17.7 Å². The van der Waals surface area contributed by atoms with Crippen molar-refractivity contribution in [2.24, 2.45) is 0 Å². The second-order valence-corrected chi connectivity index (χ2v) is 6.80. The molecule has 1 heterocycles. The number of anilines is 1. The maximum absolute atomic E-state index is 12.9. The minimum Gasteiger partial charge on any atom is -0.469 e. The molecule has 0 atom stereocenters. The van der Waals surface area contributed by atoms with Crippen molar-refractivity contribution in [3.05, 3.63) is 59.8 Å². The van der Waals surface area contributed by atoms with Crippen LogP contribution < -0.4 is 4.90 Å². The minimum atomic E-state index is -0.364. The molecule has 5 heteroatoms. The zero-order chi connectivity index (χ0) is 18.4. The topological polar surface area (TPSA) is 59.5 Å². The molecule has 0 spiro atoms. The highest BCUT2D eigenvalue weighted by Gasteiger charge is 2.21. The highest BCUT2D eigenvalue weighted by atomic mass is 16.5. The Morgan fingerprint density at radius 1 is 1.08 bits per heavy atom. The van der Waals surface area contributed by atoms with Crippen molar-refractivity contribution in [3.63, 3.8) is 0 Å². The average Bonchev–Trinajstić information content (AvgIpc) is 2.61. The average molecular weight is 340 g/mol. The Morgan fingerprint density at radius 2 is 1.76 bits per heavy atom. The number of carbonyl (C=O) groups is 2. The van der Waals surface area contributed by atoms with Gasteiger partial charge in [0.25, 0.3) is 5.91 Å². The standard InChI is InChI=1S/C20H24N2O3/c1-20(2,3)16-10-8-15(9-11-16)19(24)22(14-12-18(23)25-4)17-7-5-6-13-21-17/h5-11,13H,12,14H2,1-4H3. The van der Waals surface area contributed by atoms with E-state index in [0.29, 0.717) is 11.4 Å². The second kappa shape index (κ2) is 7.92. The first-order valence-corrected chi connectivity index (χ1v) is 8.23. The van der Waals surface area contributed by atoms with Crippen LogP contribution in [0.3, 0.4) is 0 Å². The molecule has 132 valence electrons. The summed E-state index contributed by atoms with van der Waals surface area (Å²) in [7, 11) is 1.33. The summed E-state index contributed by atoms with van der Waals surface area (Å²) in [5.74, 6) is -0.0452. The fraction of sp³-hybridized carbons (Fsp3) is 0.350. The number of amides is 1. The van der Waals surface area contributed by atoms with Crippen molar-refractivity contribution in [2.75, 3.05) is 18.6 Å². The summed E-state index contributed by atoms with van der Waals surface area (Å²) in [6.07, 6.45) is 1.73. The molecule has 1 aromatic carbocycles. The Morgan fingerprint density at radius 3 is 2.28 bits per heavy atom. The van der Waals surface area contributed by atoms with E-state index in [1.54, 1.807) is 18.3 Å². The molecular formula is C20H24N2O3. The quantitative estimate of drug-likeness (QED) is 0.781. The maximum Gasteiger partial charge on any atom is 0.307 e. The van der Waals surface area contributed by atoms with E-state index in [9.17, 15) is 9.59 Å². The first kappa shape index (κ1) is 18.6. The third kappa shape index (κ3) is 4.89. The van der Waals surface area contributed by atoms with Crippen LogP contribution >= 0.6 is 0 Å². The van der Waals surface area contributed by atoms with Crippen molar-refractivity contribution in [2.45, 2.75) is 32.6 Å². The Hall–Kier alpha value is -2.69. The molecule has 1 amide bonds. The maximum atomic E-state index is 12.9. The summed E-state index contributed by atoms with van der Waals surface area (Å²) in [5.41, 5.74) is 1.74. The van der Waals surface area contributed by atoms with Crippen LogP contribution in [-0.4, -0.2) is 30.5 Å². The lowest BCUT2D eigenvalue weighted by Crippen LogP contribution is -2.34. The lowest BCUT2D eigenvalue weighted by Gasteiger charge is -2.23. The normalized spacial score (nSPS) is 11.0. The van der Waals surface area contributed by atoms with E-state index in [1.165, 1.54) is 12.0 Å². The number of hydrogen-bond donors (Lipinski definition) is 0. The molecule has 0 radical (unpaired) electrons. The van der Waals surface area contributed by atoms with Gasteiger partial charge >= 0.3 is 5.97 Å². The Balaban J connectivity index is 2.27. The monoisotopic (exact) mass is 340 g/mol. The van der Waals surface area contributed by atoms with E-state index in [-0.39, 0.29) is 30.3 Å². The summed E-state index contributed by atoms with van der Waals surface area (Å²) in [6.45, 7) is 6.59. The van der Waals surface area contributed by atoms with Crippen LogP contribution in [0.25, 0.3) is 0 Å². The third-order valence-electron chi connectivity index (χ3n) is 3.94. The molecule has 0 saturated heterocycles. The molecule has 0 aliphatic carbocycles. The van der Waals surface area contributed by atoms with Crippen LogP contribution in [-0.2, 0) is 14.9 Å². The number of aromatic nitrogens is 1. The van der Waals surface area contributed by atoms with Crippen molar-refractivity contribution in [1.29, 1.82) is 0 Å². The molecule has 2 aromatic rings. The number of hydrogen-bond acceptors (Lipinski definition) is 4. The predicted molar refractivity (Wildman–Crippen MR) is 97.7 cm³/mol. The van der Waals surface area contributed by atoms with Crippen LogP contribution in [0.1, 0.15) is 43.1 Å². The largest absolute Gasteiger partial charge is 0.469 e. The van der Waals surface area contributed by atoms with Gasteiger partial charge in [-0.25, -0.2) is 4.98 Å². The smallest absolute Gasteiger partial charge is 0.307 e. The SMILES string of the molecule is COC(=O)CCN(C(=O)c1ccc(C(C)(C)C)cc1)c1ccccn1. The van der Waals surface area contributed by atoms with Gasteiger partial charge in [-0.3, -0.25) is 14.5 Å². The molecule has 25 heavy (non-hydrogen) atoms. The van der Waals surface area contributed by atoms with E-state index in [0.717, 1.165) is 5.56 Å². The highest BCUT2D eigenvalue weighted by molar-refractivity contribution is 6.05. The summed E-state index contributed by atoms with van der Waals surface area (Å²) in [5, 5.41) is 0. The van der Waals surface area contributed by atoms with Crippen LogP contribution in [0.5, 0.6) is 0 Å². The van der Waals surface area contributed by atoms with E-state index < -0.39 is 0 Å². The summed E-state index contributed by atoms with van der Waals surface area (Å²) >= 11 is 0. The molecule has 0 unspecified atom stereocenters. The van der Waals surface area contributed by atoms with E-state index in [2.05, 4.69) is 30.5 Å². The number of ether oxygens (including phenoxy) is 1. The van der Waals surface area contributed by atoms with Crippen LogP contribution in [0, 0.1) is 0 Å². The van der Waals surface area contributed by atoms with Crippen molar-refractivity contribution in [1.82, 2.24) is 4.98 Å². The van der Waals surface area contributed by atoms with E-state index >= 15 is 0 Å². The van der Waals surface area contributed by atoms with Crippen LogP contribution in [0.4, 0.5) is 5.82 Å². The lowest BCUT2D eigenvalue weighted by atomic mass is 9.86. The van der Waals surface area contributed by atoms with Gasteiger partial charge in [-0.15, -0.1) is 0 Å². The fourth-order valence-electron chi connectivity index (χ4n) is 2.41. The molecule has 0 fully saturated rings. The van der Waals surface area contributed by atoms with Crippen molar-refractivity contribution in [3.8, 4) is 0 Å². The lowest BCUT2D eigenvalue weighted by molar-refractivity contribution is -0.140. The molecule has 5 nitrogen and oxygen atoms in total. The van der Waals surface area contributed by atoms with Gasteiger partial charge in [0.1, 0.15) is 5.82 Å². The molecule has 0 N–H and O–H groups in total. The van der Waals surface area contributed by atoms with Gasteiger partial charge in [0.05, 0.1) is 13.5 Å². The van der Waals surface area contributed by atoms with Gasteiger partial charge in [0.2, 0.25) is 0 Å². The second-order valence-electron chi connectivity index (χ2n) is 6.80. The number of esters is 1. The Kier molecular flexibility index (Phi) is 5.91. The van der Waals surface area contributed by atoms with Gasteiger partial charge in [-0.05, 0) is 35.2 Å². The van der Waals surface area contributed by atoms with Gasteiger partial charge in [-0.2, -0.15) is 0 Å². The molecule has 0 bridgehead atoms. The van der Waals surface area contributed by atoms with Gasteiger partial charge in [0, 0.05) is 18.3 Å². The first-order valence-electron chi connectivity index (χ1n) is 8.23. The summed E-state index contributed by atoms with van der Waals surface area (Å²) in [4.78, 5) is 30.2. The predicted octanol–water partition coefficient (Wildman–Crippen LogP) is 3.59. The number of benzene rings is 1. The zero-order valence-corrected chi connectivity index (χ0v) is 15.2. The number of methoxy groups -OCH3 is 1. The molecule has 0 aliphatic heterocycles. The van der Waals surface area contributed by atoms with E-state index in [1.807, 2.05) is 30.3 Å². The number of nitrogens with zero attached hydrogens (tertiary/aromatic N) is 2. The van der Waals surface area contributed by atoms with Crippen LogP contribution in [0.2, 0.25) is 0 Å².